The predicted octanol–water partition coefficient (Wildman–Crippen LogP) is 16.2. The SMILES string of the molecule is Cc1cc(-c2cc(C)cc(-c3cc(C)cc(-c4c(C(C)C)cc(C(C)C)cc4C(C)C)c3O)c2N(C)CCCCN(C)C)c(O)c(-c2c(C(C)C)cc(C(C)C)cc2C(C)C)c1. The second-order valence-electron chi connectivity index (χ2n) is 20.6. The predicted molar refractivity (Wildman–Crippen MR) is 271 cm³/mol. The molecule has 4 nitrogen and oxygen atoms in total. The van der Waals surface area contributed by atoms with Crippen LogP contribution in [0.1, 0.15) is 182 Å². The second-order valence-corrected chi connectivity index (χ2v) is 20.6. The summed E-state index contributed by atoms with van der Waals surface area (Å²) in [5, 5.41) is 25.8. The number of hydrogen-bond donors (Lipinski definition) is 2. The lowest BCUT2D eigenvalue weighted by molar-refractivity contribution is 0.395. The fraction of sp³-hybridized carbons (Fsp3) is 0.483. The van der Waals surface area contributed by atoms with Crippen LogP contribution in [0.2, 0.25) is 0 Å². The van der Waals surface area contributed by atoms with Gasteiger partial charge < -0.3 is 20.0 Å². The lowest BCUT2D eigenvalue weighted by atomic mass is 9.79. The molecule has 0 radical (unpaired) electrons. The molecule has 0 fully saturated rings. The van der Waals surface area contributed by atoms with E-state index in [2.05, 4.69) is 195 Å². The molecule has 0 amide bonds. The van der Waals surface area contributed by atoms with Crippen molar-refractivity contribution in [2.45, 2.75) is 152 Å². The van der Waals surface area contributed by atoms with Crippen molar-refractivity contribution in [2.75, 3.05) is 39.1 Å². The van der Waals surface area contributed by atoms with E-state index < -0.39 is 0 Å². The summed E-state index contributed by atoms with van der Waals surface area (Å²) < 4.78 is 0. The summed E-state index contributed by atoms with van der Waals surface area (Å²) >= 11 is 0. The van der Waals surface area contributed by atoms with Crippen molar-refractivity contribution in [3.05, 3.63) is 111 Å². The Kier molecular flexibility index (Phi) is 15.5. The zero-order valence-corrected chi connectivity index (χ0v) is 41.9. The molecular weight excluding hydrogens is 757 g/mol. The Bertz CT molecular complexity index is 2160. The molecule has 5 aromatic carbocycles. The van der Waals surface area contributed by atoms with E-state index in [1.54, 1.807) is 0 Å². The number of phenolic OH excluding ortho intramolecular Hbond substituents is 2. The van der Waals surface area contributed by atoms with Crippen molar-refractivity contribution in [1.29, 1.82) is 0 Å². The molecule has 334 valence electrons. The van der Waals surface area contributed by atoms with Crippen molar-refractivity contribution in [3.63, 3.8) is 0 Å². The van der Waals surface area contributed by atoms with Crippen LogP contribution in [0.5, 0.6) is 11.5 Å². The van der Waals surface area contributed by atoms with E-state index in [4.69, 9.17) is 0 Å². The molecule has 0 aliphatic carbocycles. The topological polar surface area (TPSA) is 46.9 Å². The highest BCUT2D eigenvalue weighted by atomic mass is 16.3. The van der Waals surface area contributed by atoms with Gasteiger partial charge in [-0.3, -0.25) is 0 Å². The molecule has 5 aromatic rings. The van der Waals surface area contributed by atoms with E-state index in [9.17, 15) is 10.2 Å². The number of aromatic hydroxyl groups is 2. The molecule has 5 rings (SSSR count). The Morgan fingerprint density at radius 2 is 0.677 bits per heavy atom. The highest BCUT2D eigenvalue weighted by Crippen LogP contribution is 2.52. The second kappa shape index (κ2) is 19.9. The van der Waals surface area contributed by atoms with Crippen LogP contribution in [-0.4, -0.2) is 49.3 Å². The molecule has 0 aromatic heterocycles. The summed E-state index contributed by atoms with van der Waals surface area (Å²) in [5.41, 5.74) is 19.7. The molecule has 4 heteroatoms. The van der Waals surface area contributed by atoms with Crippen molar-refractivity contribution >= 4 is 5.69 Å². The van der Waals surface area contributed by atoms with Gasteiger partial charge in [0.2, 0.25) is 0 Å². The third kappa shape index (κ3) is 10.3. The van der Waals surface area contributed by atoms with Gasteiger partial charge in [0.25, 0.3) is 0 Å². The van der Waals surface area contributed by atoms with E-state index in [-0.39, 0.29) is 23.7 Å². The number of unbranched alkanes of at least 4 members (excludes halogenated alkanes) is 1. The van der Waals surface area contributed by atoms with Crippen molar-refractivity contribution < 1.29 is 10.2 Å². The van der Waals surface area contributed by atoms with Gasteiger partial charge in [0.15, 0.2) is 0 Å². The van der Waals surface area contributed by atoms with Crippen molar-refractivity contribution in [3.8, 4) is 56.0 Å². The summed E-state index contributed by atoms with van der Waals surface area (Å²) in [4.78, 5) is 4.62. The smallest absolute Gasteiger partial charge is 0.131 e. The summed E-state index contributed by atoms with van der Waals surface area (Å²) in [7, 11) is 6.45. The molecule has 0 aliphatic heterocycles. The Hall–Kier alpha value is -4.54. The molecule has 62 heavy (non-hydrogen) atoms. The van der Waals surface area contributed by atoms with Crippen LogP contribution >= 0.6 is 0 Å². The van der Waals surface area contributed by atoms with Crippen LogP contribution in [0.25, 0.3) is 44.5 Å². The lowest BCUT2D eigenvalue weighted by Crippen LogP contribution is -2.22. The van der Waals surface area contributed by atoms with Crippen LogP contribution in [0, 0.1) is 20.8 Å². The monoisotopic (exact) mass is 837 g/mol. The van der Waals surface area contributed by atoms with Crippen LogP contribution in [0.15, 0.2) is 60.7 Å². The highest BCUT2D eigenvalue weighted by molar-refractivity contribution is 5.99. The molecular formula is C58H80N2O2. The van der Waals surface area contributed by atoms with Crippen molar-refractivity contribution in [1.82, 2.24) is 4.90 Å². The van der Waals surface area contributed by atoms with Gasteiger partial charge in [0.1, 0.15) is 11.5 Å². The van der Waals surface area contributed by atoms with Crippen molar-refractivity contribution in [2.24, 2.45) is 0 Å². The quantitative estimate of drug-likeness (QED) is 0.0972. The lowest BCUT2D eigenvalue weighted by Gasteiger charge is -2.29. The highest BCUT2D eigenvalue weighted by Gasteiger charge is 2.28. The average Bonchev–Trinajstić information content (AvgIpc) is 3.19. The molecule has 0 spiro atoms. The van der Waals surface area contributed by atoms with Gasteiger partial charge in [-0.15, -0.1) is 0 Å². The largest absolute Gasteiger partial charge is 0.507 e. The maximum Gasteiger partial charge on any atom is 0.131 e. The zero-order valence-electron chi connectivity index (χ0n) is 41.9. The minimum atomic E-state index is 0.270. The maximum atomic E-state index is 12.9. The Morgan fingerprint density at radius 3 is 0.968 bits per heavy atom. The summed E-state index contributed by atoms with van der Waals surface area (Å²) in [6.07, 6.45) is 2.07. The molecule has 0 atom stereocenters. The van der Waals surface area contributed by atoms with Crippen LogP contribution < -0.4 is 4.90 Å². The van der Waals surface area contributed by atoms with Gasteiger partial charge in [-0.25, -0.2) is 0 Å². The number of hydrogen-bond acceptors (Lipinski definition) is 4. The maximum absolute atomic E-state index is 12.9. The van der Waals surface area contributed by atoms with E-state index in [0.717, 1.165) is 92.8 Å². The van der Waals surface area contributed by atoms with E-state index >= 15 is 0 Å². The van der Waals surface area contributed by atoms with Crippen LogP contribution in [0.3, 0.4) is 0 Å². The third-order valence-corrected chi connectivity index (χ3v) is 12.9. The van der Waals surface area contributed by atoms with Gasteiger partial charge in [0, 0.05) is 47.0 Å². The van der Waals surface area contributed by atoms with E-state index in [0.29, 0.717) is 23.3 Å². The fourth-order valence-electron chi connectivity index (χ4n) is 9.37. The Morgan fingerprint density at radius 1 is 0.387 bits per heavy atom. The first-order chi connectivity index (χ1) is 29.0. The summed E-state index contributed by atoms with van der Waals surface area (Å²) in [6, 6.07) is 22.7. The number of anilines is 1. The van der Waals surface area contributed by atoms with Crippen LogP contribution in [-0.2, 0) is 0 Å². The average molecular weight is 837 g/mol. The molecule has 0 saturated carbocycles. The molecule has 2 N–H and O–H groups in total. The fourth-order valence-corrected chi connectivity index (χ4v) is 9.37. The minimum Gasteiger partial charge on any atom is -0.507 e. The van der Waals surface area contributed by atoms with E-state index in [1.165, 1.54) is 33.4 Å². The molecule has 0 aliphatic rings. The summed E-state index contributed by atoms with van der Waals surface area (Å²) in [5.74, 6) is 2.48. The van der Waals surface area contributed by atoms with Crippen LogP contribution in [0.4, 0.5) is 5.69 Å². The molecule has 0 unspecified atom stereocenters. The van der Waals surface area contributed by atoms with Gasteiger partial charge in [-0.05, 0) is 187 Å². The first-order valence-corrected chi connectivity index (χ1v) is 23.6. The zero-order chi connectivity index (χ0) is 46.1. The molecule has 0 saturated heterocycles. The number of benzene rings is 5. The first-order valence-electron chi connectivity index (χ1n) is 23.6. The summed E-state index contributed by atoms with van der Waals surface area (Å²) in [6.45, 7) is 35.5. The standard InChI is InChI=1S/C58H80N2O2/c1-33(2)42-29-44(35(5)6)54(45(30-42)36(7)8)52-27-40(14)25-50(57(52)61)48-23-39(13)24-49(56(48)60(18)22-20-19-21-59(16)17)51-26-41(15)28-53(58(51)62)55-46(37(9)10)31-43(34(3)4)32-47(55)38(11)12/h23-38,61-62H,19-22H2,1-18H3. The van der Waals surface area contributed by atoms with Gasteiger partial charge in [-0.1, -0.05) is 107 Å². The minimum absolute atomic E-state index is 0.270. The first kappa shape index (κ1) is 48.5. The number of rotatable bonds is 16. The van der Waals surface area contributed by atoms with E-state index in [1.807, 2.05) is 0 Å². The Balaban J connectivity index is 1.90. The number of nitrogens with zero attached hydrogens (tertiary/aromatic N) is 2. The molecule has 0 bridgehead atoms. The molecule has 0 heterocycles. The van der Waals surface area contributed by atoms with Gasteiger partial charge >= 0.3 is 0 Å². The third-order valence-electron chi connectivity index (χ3n) is 12.9. The van der Waals surface area contributed by atoms with Gasteiger partial charge in [0.05, 0.1) is 5.69 Å². The normalized spacial score (nSPS) is 12.1. The van der Waals surface area contributed by atoms with Gasteiger partial charge in [-0.2, -0.15) is 0 Å². The Labute approximate surface area is 377 Å². The number of aryl methyl sites for hydroxylation is 3. The number of phenols is 2.